The van der Waals surface area contributed by atoms with Crippen molar-refractivity contribution in [1.82, 2.24) is 10.2 Å². The van der Waals surface area contributed by atoms with Gasteiger partial charge in [0.2, 0.25) is 11.8 Å². The first-order valence-electron chi connectivity index (χ1n) is 6.42. The predicted octanol–water partition coefficient (Wildman–Crippen LogP) is 3.31. The van der Waals surface area contributed by atoms with Gasteiger partial charge in [-0.05, 0) is 19.1 Å². The van der Waals surface area contributed by atoms with Gasteiger partial charge in [0.25, 0.3) is 5.22 Å². The molecule has 1 N–H and O–H groups in total. The number of nitrogens with one attached hydrogen (secondary N) is 1. The molecule has 1 amide bonds. The molecule has 1 aromatic carbocycles. The van der Waals surface area contributed by atoms with Gasteiger partial charge >= 0.3 is 0 Å². The second-order valence-electron chi connectivity index (χ2n) is 4.68. The van der Waals surface area contributed by atoms with E-state index in [-0.39, 0.29) is 17.1 Å². The molecule has 2 rings (SSSR count). The van der Waals surface area contributed by atoms with E-state index in [1.165, 1.54) is 11.8 Å². The van der Waals surface area contributed by atoms with Gasteiger partial charge in [-0.15, -0.1) is 10.2 Å². The minimum Gasteiger partial charge on any atom is -0.416 e. The van der Waals surface area contributed by atoms with Crippen molar-refractivity contribution in [2.75, 3.05) is 5.32 Å². The Bertz CT molecular complexity index is 569. The summed E-state index contributed by atoms with van der Waals surface area (Å²) in [7, 11) is 0. The van der Waals surface area contributed by atoms with Gasteiger partial charge in [-0.2, -0.15) is 0 Å². The Labute approximate surface area is 122 Å². The quantitative estimate of drug-likeness (QED) is 0.856. The molecule has 2 aromatic rings. The van der Waals surface area contributed by atoms with E-state index < -0.39 is 0 Å². The molecular formula is C14H17N3O2S. The van der Waals surface area contributed by atoms with Gasteiger partial charge in [-0.25, -0.2) is 0 Å². The molecule has 0 saturated heterocycles. The van der Waals surface area contributed by atoms with E-state index >= 15 is 0 Å². The molecule has 5 nitrogen and oxygen atoms in total. The zero-order valence-corrected chi connectivity index (χ0v) is 12.5. The lowest BCUT2D eigenvalue weighted by Gasteiger charge is -2.09. The zero-order valence-electron chi connectivity index (χ0n) is 11.7. The fourth-order valence-corrected chi connectivity index (χ4v) is 2.16. The fraction of sp³-hybridized carbons (Fsp3) is 0.357. The average Bonchev–Trinajstić information content (AvgIpc) is 2.88. The van der Waals surface area contributed by atoms with Gasteiger partial charge in [0.15, 0.2) is 0 Å². The number of rotatable bonds is 5. The number of nitrogens with zero attached hydrogens (tertiary/aromatic N) is 2. The molecule has 1 aromatic heterocycles. The molecular weight excluding hydrogens is 274 g/mol. The summed E-state index contributed by atoms with van der Waals surface area (Å²) in [6.45, 7) is 5.77. The lowest BCUT2D eigenvalue weighted by atomic mass is 10.2. The smallest absolute Gasteiger partial charge is 0.277 e. The first kappa shape index (κ1) is 14.6. The summed E-state index contributed by atoms with van der Waals surface area (Å²) in [6.07, 6.45) is 0. The topological polar surface area (TPSA) is 68.0 Å². The summed E-state index contributed by atoms with van der Waals surface area (Å²) < 4.78 is 5.48. The van der Waals surface area contributed by atoms with Crippen molar-refractivity contribution in [3.05, 3.63) is 36.2 Å². The van der Waals surface area contributed by atoms with E-state index in [4.69, 9.17) is 4.42 Å². The number of hydrogen-bond donors (Lipinski definition) is 1. The fourth-order valence-electron chi connectivity index (χ4n) is 1.47. The first-order valence-corrected chi connectivity index (χ1v) is 7.30. The molecule has 0 aliphatic heterocycles. The molecule has 1 heterocycles. The maximum Gasteiger partial charge on any atom is 0.277 e. The Morgan fingerprint density at radius 2 is 1.90 bits per heavy atom. The molecule has 0 bridgehead atoms. The Kier molecular flexibility index (Phi) is 4.79. The highest BCUT2D eigenvalue weighted by Crippen LogP contribution is 2.24. The first-order chi connectivity index (χ1) is 9.56. The summed E-state index contributed by atoms with van der Waals surface area (Å²) >= 11 is 1.26. The second-order valence-corrected chi connectivity index (χ2v) is 5.97. The summed E-state index contributed by atoms with van der Waals surface area (Å²) in [6, 6.07) is 9.35. The maximum absolute atomic E-state index is 12.0. The number of aromatic nitrogens is 2. The zero-order chi connectivity index (χ0) is 14.5. The van der Waals surface area contributed by atoms with Crippen LogP contribution in [0.3, 0.4) is 0 Å². The van der Waals surface area contributed by atoms with Crippen LogP contribution in [0.4, 0.5) is 5.69 Å². The van der Waals surface area contributed by atoms with Crippen LogP contribution < -0.4 is 5.32 Å². The minimum atomic E-state index is -0.310. The van der Waals surface area contributed by atoms with Gasteiger partial charge in [0.05, 0.1) is 5.25 Å². The third-order valence-electron chi connectivity index (χ3n) is 2.60. The molecule has 6 heteroatoms. The summed E-state index contributed by atoms with van der Waals surface area (Å²) in [4.78, 5) is 12.0. The Hall–Kier alpha value is -1.82. The van der Waals surface area contributed by atoms with E-state index in [0.29, 0.717) is 11.1 Å². The number of amides is 1. The highest BCUT2D eigenvalue weighted by molar-refractivity contribution is 8.00. The number of carbonyl (C=O) groups is 1. The van der Waals surface area contributed by atoms with Gasteiger partial charge < -0.3 is 9.73 Å². The number of hydrogen-bond acceptors (Lipinski definition) is 5. The second kappa shape index (κ2) is 6.56. The highest BCUT2D eigenvalue weighted by Gasteiger charge is 2.19. The van der Waals surface area contributed by atoms with Crippen LogP contribution in [0.25, 0.3) is 0 Å². The van der Waals surface area contributed by atoms with Crippen molar-refractivity contribution < 1.29 is 9.21 Å². The summed E-state index contributed by atoms with van der Waals surface area (Å²) in [5.41, 5.74) is 0.776. The number of thioether (sulfide) groups is 1. The van der Waals surface area contributed by atoms with Crippen LogP contribution in [0.1, 0.15) is 32.6 Å². The van der Waals surface area contributed by atoms with E-state index in [9.17, 15) is 4.79 Å². The third kappa shape index (κ3) is 3.84. The molecule has 0 spiro atoms. The normalized spacial score (nSPS) is 12.4. The van der Waals surface area contributed by atoms with Crippen LogP contribution in [-0.4, -0.2) is 21.4 Å². The number of anilines is 1. The average molecular weight is 291 g/mol. The number of para-hydroxylation sites is 1. The summed E-state index contributed by atoms with van der Waals surface area (Å²) in [5, 5.41) is 10.8. The summed E-state index contributed by atoms with van der Waals surface area (Å²) in [5.74, 6) is 0.680. The van der Waals surface area contributed by atoms with Crippen molar-refractivity contribution >= 4 is 23.4 Å². The molecule has 1 atom stereocenters. The van der Waals surface area contributed by atoms with Crippen LogP contribution in [0.5, 0.6) is 0 Å². The standard InChI is InChI=1S/C14H17N3O2S/c1-9(2)13-16-17-14(19-13)20-10(3)12(18)15-11-7-5-4-6-8-11/h4-10H,1-3H3,(H,15,18)/t10-/m1/s1. The molecule has 0 aliphatic rings. The van der Waals surface area contributed by atoms with Gasteiger partial charge in [0, 0.05) is 11.6 Å². The molecule has 0 radical (unpaired) electrons. The van der Waals surface area contributed by atoms with E-state index in [1.807, 2.05) is 51.1 Å². The van der Waals surface area contributed by atoms with Crippen molar-refractivity contribution in [2.24, 2.45) is 0 Å². The third-order valence-corrected chi connectivity index (χ3v) is 3.54. The lowest BCUT2D eigenvalue weighted by Crippen LogP contribution is -2.22. The largest absolute Gasteiger partial charge is 0.416 e. The predicted molar refractivity (Wildman–Crippen MR) is 78.8 cm³/mol. The van der Waals surface area contributed by atoms with Crippen molar-refractivity contribution in [2.45, 2.75) is 37.2 Å². The highest BCUT2D eigenvalue weighted by atomic mass is 32.2. The molecule has 106 valence electrons. The van der Waals surface area contributed by atoms with E-state index in [2.05, 4.69) is 15.5 Å². The molecule has 0 saturated carbocycles. The Morgan fingerprint density at radius 3 is 2.50 bits per heavy atom. The van der Waals surface area contributed by atoms with E-state index in [1.54, 1.807) is 0 Å². The Balaban J connectivity index is 1.93. The van der Waals surface area contributed by atoms with Crippen molar-refractivity contribution in [3.8, 4) is 0 Å². The number of carbonyl (C=O) groups excluding carboxylic acids is 1. The Morgan fingerprint density at radius 1 is 1.20 bits per heavy atom. The van der Waals surface area contributed by atoms with Gasteiger partial charge in [0.1, 0.15) is 0 Å². The molecule has 0 fully saturated rings. The lowest BCUT2D eigenvalue weighted by molar-refractivity contribution is -0.115. The van der Waals surface area contributed by atoms with Crippen LogP contribution in [0.15, 0.2) is 40.0 Å². The molecule has 20 heavy (non-hydrogen) atoms. The maximum atomic E-state index is 12.0. The minimum absolute atomic E-state index is 0.0921. The monoisotopic (exact) mass is 291 g/mol. The molecule has 0 unspecified atom stereocenters. The molecule has 0 aliphatic carbocycles. The van der Waals surface area contributed by atoms with Crippen LogP contribution in [-0.2, 0) is 4.79 Å². The SMILES string of the molecule is CC(C)c1nnc(S[C@H](C)C(=O)Nc2ccccc2)o1. The van der Waals surface area contributed by atoms with Crippen molar-refractivity contribution in [3.63, 3.8) is 0 Å². The van der Waals surface area contributed by atoms with Crippen LogP contribution in [0, 0.1) is 0 Å². The van der Waals surface area contributed by atoms with Gasteiger partial charge in [-0.3, -0.25) is 4.79 Å². The van der Waals surface area contributed by atoms with E-state index in [0.717, 1.165) is 5.69 Å². The van der Waals surface area contributed by atoms with Gasteiger partial charge in [-0.1, -0.05) is 43.8 Å². The van der Waals surface area contributed by atoms with Crippen LogP contribution >= 0.6 is 11.8 Å². The van der Waals surface area contributed by atoms with Crippen LogP contribution in [0.2, 0.25) is 0 Å². The number of benzene rings is 1. The van der Waals surface area contributed by atoms with Crippen molar-refractivity contribution in [1.29, 1.82) is 0 Å².